The van der Waals surface area contributed by atoms with Crippen LogP contribution in [0.2, 0.25) is 0 Å². The monoisotopic (exact) mass is 371 g/mol. The van der Waals surface area contributed by atoms with Crippen LogP contribution in [-0.2, 0) is 14.9 Å². The molecule has 0 aliphatic heterocycles. The molecule has 2 rings (SSSR count). The molecule has 1 amide bonds. The Kier molecular flexibility index (Phi) is 6.45. The number of carbonyl (C=O) groups excluding carboxylic acids is 3. The molecule has 2 aromatic rings. The average Bonchev–Trinajstić information content (AvgIpc) is 2.64. The number of esters is 1. The van der Waals surface area contributed by atoms with Gasteiger partial charge < -0.3 is 10.1 Å². The van der Waals surface area contributed by atoms with Gasteiger partial charge in [-0.1, -0.05) is 57.2 Å². The van der Waals surface area contributed by atoms with E-state index < -0.39 is 30.8 Å². The predicted molar refractivity (Wildman–Crippen MR) is 99.2 cm³/mol. The lowest BCUT2D eigenvalue weighted by Crippen LogP contribution is -2.32. The van der Waals surface area contributed by atoms with E-state index in [2.05, 4.69) is 26.1 Å². The molecular formula is C21H22FNO4. The van der Waals surface area contributed by atoms with Crippen molar-refractivity contribution in [3.05, 3.63) is 71.0 Å². The maximum Gasteiger partial charge on any atom is 0.325 e. The minimum Gasteiger partial charge on any atom is -0.456 e. The van der Waals surface area contributed by atoms with Crippen molar-refractivity contribution < 1.29 is 23.5 Å². The molecule has 0 heterocycles. The Morgan fingerprint density at radius 3 is 2.22 bits per heavy atom. The van der Waals surface area contributed by atoms with Crippen LogP contribution in [0.3, 0.4) is 0 Å². The van der Waals surface area contributed by atoms with Crippen LogP contribution in [0.5, 0.6) is 0 Å². The quantitative estimate of drug-likeness (QED) is 0.625. The second-order valence-corrected chi connectivity index (χ2v) is 7.07. The molecule has 0 aromatic heterocycles. The molecule has 0 bridgehead atoms. The summed E-state index contributed by atoms with van der Waals surface area (Å²) in [5.74, 6) is -2.53. The summed E-state index contributed by atoms with van der Waals surface area (Å²) in [5.41, 5.74) is 1.34. The third-order valence-corrected chi connectivity index (χ3v) is 3.95. The summed E-state index contributed by atoms with van der Waals surface area (Å²) in [7, 11) is 0. The molecular weight excluding hydrogens is 349 g/mol. The molecule has 0 radical (unpaired) electrons. The minimum absolute atomic E-state index is 0.0233. The summed E-state index contributed by atoms with van der Waals surface area (Å²) in [6.07, 6.45) is 0. The number of amides is 1. The largest absolute Gasteiger partial charge is 0.456 e. The van der Waals surface area contributed by atoms with Crippen molar-refractivity contribution >= 4 is 17.7 Å². The molecule has 0 spiro atoms. The standard InChI is InChI=1S/C21H22FNO4/c1-21(2,3)15-10-8-14(9-11-15)18(24)13-27-19(25)12-23-20(26)16-6-4-5-7-17(16)22/h4-11H,12-13H2,1-3H3,(H,23,26). The highest BCUT2D eigenvalue weighted by molar-refractivity contribution is 5.99. The lowest BCUT2D eigenvalue weighted by atomic mass is 9.86. The lowest BCUT2D eigenvalue weighted by molar-refractivity contribution is -0.141. The highest BCUT2D eigenvalue weighted by atomic mass is 19.1. The Bertz CT molecular complexity index is 838. The molecule has 2 aromatic carbocycles. The highest BCUT2D eigenvalue weighted by Gasteiger charge is 2.16. The van der Waals surface area contributed by atoms with Gasteiger partial charge in [-0.2, -0.15) is 0 Å². The van der Waals surface area contributed by atoms with Crippen molar-refractivity contribution in [3.8, 4) is 0 Å². The van der Waals surface area contributed by atoms with Crippen LogP contribution in [0.1, 0.15) is 47.1 Å². The van der Waals surface area contributed by atoms with Gasteiger partial charge in [0.15, 0.2) is 12.4 Å². The van der Waals surface area contributed by atoms with E-state index in [0.29, 0.717) is 5.56 Å². The summed E-state index contributed by atoms with van der Waals surface area (Å²) in [5, 5.41) is 2.26. The van der Waals surface area contributed by atoms with Gasteiger partial charge in [-0.3, -0.25) is 14.4 Å². The Hall–Kier alpha value is -3.02. The number of hydrogen-bond acceptors (Lipinski definition) is 4. The first kappa shape index (κ1) is 20.3. The van der Waals surface area contributed by atoms with E-state index in [1.807, 2.05) is 12.1 Å². The number of carbonyl (C=O) groups is 3. The summed E-state index contributed by atoms with van der Waals surface area (Å²) in [6, 6.07) is 12.5. The molecule has 0 unspecified atom stereocenters. The maximum absolute atomic E-state index is 13.5. The zero-order valence-corrected chi connectivity index (χ0v) is 15.5. The van der Waals surface area contributed by atoms with Gasteiger partial charge in [0, 0.05) is 5.56 Å². The number of nitrogens with one attached hydrogen (secondary N) is 1. The van der Waals surface area contributed by atoms with E-state index in [0.717, 1.165) is 11.6 Å². The second-order valence-electron chi connectivity index (χ2n) is 7.07. The zero-order valence-electron chi connectivity index (χ0n) is 15.5. The SMILES string of the molecule is CC(C)(C)c1ccc(C(=O)COC(=O)CNC(=O)c2ccccc2F)cc1. The molecule has 1 N–H and O–H groups in total. The fourth-order valence-corrected chi connectivity index (χ4v) is 2.33. The van der Waals surface area contributed by atoms with E-state index in [4.69, 9.17) is 4.74 Å². The van der Waals surface area contributed by atoms with Gasteiger partial charge in [0.2, 0.25) is 0 Å². The molecule has 27 heavy (non-hydrogen) atoms. The summed E-state index contributed by atoms with van der Waals surface area (Å²) < 4.78 is 18.4. The van der Waals surface area contributed by atoms with Gasteiger partial charge in [0.25, 0.3) is 5.91 Å². The van der Waals surface area contributed by atoms with Gasteiger partial charge in [-0.05, 0) is 23.1 Å². The molecule has 5 nitrogen and oxygen atoms in total. The number of ketones is 1. The van der Waals surface area contributed by atoms with Crippen LogP contribution in [0, 0.1) is 5.82 Å². The van der Waals surface area contributed by atoms with E-state index in [1.54, 1.807) is 12.1 Å². The molecule has 0 saturated carbocycles. The highest BCUT2D eigenvalue weighted by Crippen LogP contribution is 2.22. The number of Topliss-reactive ketones (excluding diaryl/α,β-unsaturated/α-hetero) is 1. The van der Waals surface area contributed by atoms with Gasteiger partial charge in [-0.25, -0.2) is 4.39 Å². The van der Waals surface area contributed by atoms with E-state index in [9.17, 15) is 18.8 Å². The topological polar surface area (TPSA) is 72.5 Å². The molecule has 142 valence electrons. The minimum atomic E-state index is -0.778. The van der Waals surface area contributed by atoms with Crippen LogP contribution in [0.4, 0.5) is 4.39 Å². The first-order chi connectivity index (χ1) is 12.7. The lowest BCUT2D eigenvalue weighted by Gasteiger charge is -2.18. The van der Waals surface area contributed by atoms with Crippen molar-refractivity contribution in [2.24, 2.45) is 0 Å². The molecule has 0 aliphatic carbocycles. The van der Waals surface area contributed by atoms with Crippen molar-refractivity contribution in [1.29, 1.82) is 0 Å². The Morgan fingerprint density at radius 1 is 1.00 bits per heavy atom. The van der Waals surface area contributed by atoms with Gasteiger partial charge in [0.1, 0.15) is 12.4 Å². The van der Waals surface area contributed by atoms with Gasteiger partial charge in [0.05, 0.1) is 5.56 Å². The van der Waals surface area contributed by atoms with Crippen LogP contribution >= 0.6 is 0 Å². The Labute approximate surface area is 157 Å². The Morgan fingerprint density at radius 2 is 1.63 bits per heavy atom. The average molecular weight is 371 g/mol. The van der Waals surface area contributed by atoms with E-state index in [-0.39, 0.29) is 16.8 Å². The van der Waals surface area contributed by atoms with Crippen molar-refractivity contribution in [1.82, 2.24) is 5.32 Å². The number of halogens is 1. The molecule has 0 aliphatic rings. The first-order valence-corrected chi connectivity index (χ1v) is 8.50. The molecule has 0 atom stereocenters. The summed E-state index contributed by atoms with van der Waals surface area (Å²) in [6.45, 7) is 5.33. The summed E-state index contributed by atoms with van der Waals surface area (Å²) >= 11 is 0. The van der Waals surface area contributed by atoms with Crippen molar-refractivity contribution in [2.75, 3.05) is 13.2 Å². The van der Waals surface area contributed by atoms with Crippen molar-refractivity contribution in [2.45, 2.75) is 26.2 Å². The predicted octanol–water partition coefficient (Wildman–Crippen LogP) is 3.28. The Balaban J connectivity index is 1.82. The third kappa shape index (κ3) is 5.74. The second kappa shape index (κ2) is 8.58. The smallest absolute Gasteiger partial charge is 0.325 e. The zero-order chi connectivity index (χ0) is 20.0. The third-order valence-electron chi connectivity index (χ3n) is 3.95. The van der Waals surface area contributed by atoms with Crippen LogP contribution < -0.4 is 5.32 Å². The van der Waals surface area contributed by atoms with Crippen LogP contribution in [0.25, 0.3) is 0 Å². The van der Waals surface area contributed by atoms with E-state index >= 15 is 0 Å². The number of rotatable bonds is 6. The van der Waals surface area contributed by atoms with Gasteiger partial charge in [-0.15, -0.1) is 0 Å². The molecule has 0 fully saturated rings. The van der Waals surface area contributed by atoms with E-state index in [1.165, 1.54) is 18.2 Å². The maximum atomic E-state index is 13.5. The number of hydrogen-bond donors (Lipinski definition) is 1. The van der Waals surface area contributed by atoms with Gasteiger partial charge >= 0.3 is 5.97 Å². The van der Waals surface area contributed by atoms with Crippen LogP contribution in [0.15, 0.2) is 48.5 Å². The fourth-order valence-electron chi connectivity index (χ4n) is 2.33. The number of ether oxygens (including phenoxy) is 1. The number of benzene rings is 2. The van der Waals surface area contributed by atoms with Crippen molar-refractivity contribution in [3.63, 3.8) is 0 Å². The summed E-state index contributed by atoms with van der Waals surface area (Å²) in [4.78, 5) is 35.6. The normalized spacial score (nSPS) is 11.0. The molecule has 6 heteroatoms. The molecule has 0 saturated heterocycles. The fraction of sp³-hybridized carbons (Fsp3) is 0.286. The first-order valence-electron chi connectivity index (χ1n) is 8.50. The van der Waals surface area contributed by atoms with Crippen LogP contribution in [-0.4, -0.2) is 30.8 Å².